The molecular formula is C11H14BrN3O2. The maximum atomic E-state index is 10.8. The van der Waals surface area contributed by atoms with E-state index in [0.29, 0.717) is 13.1 Å². The van der Waals surface area contributed by atoms with E-state index in [1.165, 1.54) is 4.90 Å². The van der Waals surface area contributed by atoms with Gasteiger partial charge in [-0.15, -0.1) is 0 Å². The first-order valence-electron chi connectivity index (χ1n) is 5.45. The Morgan fingerprint density at radius 1 is 1.35 bits per heavy atom. The maximum Gasteiger partial charge on any atom is 0.407 e. The van der Waals surface area contributed by atoms with E-state index in [9.17, 15) is 4.79 Å². The van der Waals surface area contributed by atoms with Crippen LogP contribution in [0.5, 0.6) is 0 Å². The molecule has 92 valence electrons. The van der Waals surface area contributed by atoms with Crippen molar-refractivity contribution in [3.63, 3.8) is 0 Å². The summed E-state index contributed by atoms with van der Waals surface area (Å²) in [5.74, 6) is 0. The molecule has 0 atom stereocenters. The SMILES string of the molecule is O=C(O)N1CCN(Cc2cncc(Br)c2)CC1. The van der Waals surface area contributed by atoms with Gasteiger partial charge in [0.25, 0.3) is 0 Å². The Bertz CT molecular complexity index is 405. The van der Waals surface area contributed by atoms with Crippen molar-refractivity contribution in [2.24, 2.45) is 0 Å². The van der Waals surface area contributed by atoms with E-state index in [4.69, 9.17) is 5.11 Å². The van der Waals surface area contributed by atoms with Crippen molar-refractivity contribution in [1.82, 2.24) is 14.8 Å². The van der Waals surface area contributed by atoms with Crippen LogP contribution < -0.4 is 0 Å². The zero-order valence-electron chi connectivity index (χ0n) is 9.34. The van der Waals surface area contributed by atoms with Crippen LogP contribution in [0.25, 0.3) is 0 Å². The molecule has 17 heavy (non-hydrogen) atoms. The lowest BCUT2D eigenvalue weighted by Crippen LogP contribution is -2.47. The number of halogens is 1. The molecular weight excluding hydrogens is 286 g/mol. The fraction of sp³-hybridized carbons (Fsp3) is 0.455. The Labute approximate surface area is 108 Å². The second-order valence-electron chi connectivity index (χ2n) is 4.06. The topological polar surface area (TPSA) is 56.7 Å². The summed E-state index contributed by atoms with van der Waals surface area (Å²) < 4.78 is 0.971. The molecule has 0 bridgehead atoms. The zero-order chi connectivity index (χ0) is 12.3. The summed E-state index contributed by atoms with van der Waals surface area (Å²) in [5.41, 5.74) is 1.14. The highest BCUT2D eigenvalue weighted by molar-refractivity contribution is 9.10. The van der Waals surface area contributed by atoms with Crippen LogP contribution in [0.1, 0.15) is 5.56 Å². The molecule has 1 N–H and O–H groups in total. The van der Waals surface area contributed by atoms with E-state index in [1.807, 2.05) is 12.3 Å². The number of aromatic nitrogens is 1. The summed E-state index contributed by atoms with van der Waals surface area (Å²) in [6, 6.07) is 2.04. The third-order valence-electron chi connectivity index (χ3n) is 2.81. The van der Waals surface area contributed by atoms with Gasteiger partial charge in [0.05, 0.1) is 0 Å². The minimum Gasteiger partial charge on any atom is -0.465 e. The smallest absolute Gasteiger partial charge is 0.407 e. The van der Waals surface area contributed by atoms with Crippen molar-refractivity contribution in [1.29, 1.82) is 0 Å². The van der Waals surface area contributed by atoms with Gasteiger partial charge in [-0.1, -0.05) is 0 Å². The molecule has 0 spiro atoms. The number of nitrogens with zero attached hydrogens (tertiary/aromatic N) is 3. The molecule has 2 rings (SSSR count). The third kappa shape index (κ3) is 3.41. The Morgan fingerprint density at radius 2 is 2.06 bits per heavy atom. The number of carboxylic acid groups (broad SMARTS) is 1. The van der Waals surface area contributed by atoms with Crippen LogP contribution in [-0.2, 0) is 6.54 Å². The first kappa shape index (κ1) is 12.3. The van der Waals surface area contributed by atoms with Crippen LogP contribution in [0.4, 0.5) is 4.79 Å². The summed E-state index contributed by atoms with van der Waals surface area (Å²) in [5, 5.41) is 8.84. The van der Waals surface area contributed by atoms with Crippen LogP contribution in [0, 0.1) is 0 Å². The zero-order valence-corrected chi connectivity index (χ0v) is 10.9. The molecule has 0 radical (unpaired) electrons. The van der Waals surface area contributed by atoms with Crippen molar-refractivity contribution >= 4 is 22.0 Å². The predicted molar refractivity (Wildman–Crippen MR) is 66.8 cm³/mol. The molecule has 1 aromatic heterocycles. The number of hydrogen-bond acceptors (Lipinski definition) is 3. The molecule has 1 saturated heterocycles. The Morgan fingerprint density at radius 3 is 2.65 bits per heavy atom. The van der Waals surface area contributed by atoms with Crippen molar-refractivity contribution in [3.05, 3.63) is 28.5 Å². The minimum atomic E-state index is -0.825. The van der Waals surface area contributed by atoms with Crippen LogP contribution in [0.3, 0.4) is 0 Å². The van der Waals surface area contributed by atoms with Gasteiger partial charge in [-0.3, -0.25) is 9.88 Å². The fourth-order valence-electron chi connectivity index (χ4n) is 1.90. The molecule has 0 unspecified atom stereocenters. The number of amides is 1. The van der Waals surface area contributed by atoms with Gasteiger partial charge < -0.3 is 10.0 Å². The van der Waals surface area contributed by atoms with Gasteiger partial charge in [0.2, 0.25) is 0 Å². The molecule has 1 aliphatic heterocycles. The first-order chi connectivity index (χ1) is 8.15. The third-order valence-corrected chi connectivity index (χ3v) is 3.24. The Hall–Kier alpha value is -1.14. The fourth-order valence-corrected chi connectivity index (χ4v) is 2.31. The van der Waals surface area contributed by atoms with Gasteiger partial charge in [0, 0.05) is 49.6 Å². The number of rotatable bonds is 2. The monoisotopic (exact) mass is 299 g/mol. The van der Waals surface area contributed by atoms with E-state index < -0.39 is 6.09 Å². The van der Waals surface area contributed by atoms with Gasteiger partial charge in [-0.05, 0) is 27.6 Å². The number of hydrogen-bond donors (Lipinski definition) is 1. The van der Waals surface area contributed by atoms with Crippen molar-refractivity contribution < 1.29 is 9.90 Å². The molecule has 0 aliphatic carbocycles. The normalized spacial score (nSPS) is 17.1. The number of carbonyl (C=O) groups is 1. The molecule has 1 amide bonds. The van der Waals surface area contributed by atoms with E-state index in [1.54, 1.807) is 6.20 Å². The lowest BCUT2D eigenvalue weighted by atomic mass is 10.2. The molecule has 0 aromatic carbocycles. The molecule has 0 saturated carbocycles. The van der Waals surface area contributed by atoms with Gasteiger partial charge in [-0.25, -0.2) is 4.79 Å². The van der Waals surface area contributed by atoms with E-state index >= 15 is 0 Å². The molecule has 2 heterocycles. The van der Waals surface area contributed by atoms with Crippen LogP contribution in [-0.4, -0.2) is 52.2 Å². The Kier molecular flexibility index (Phi) is 3.96. The summed E-state index contributed by atoms with van der Waals surface area (Å²) in [7, 11) is 0. The minimum absolute atomic E-state index is 0.580. The highest BCUT2D eigenvalue weighted by atomic mass is 79.9. The highest BCUT2D eigenvalue weighted by Gasteiger charge is 2.20. The maximum absolute atomic E-state index is 10.8. The van der Waals surface area contributed by atoms with Crippen LogP contribution in [0.15, 0.2) is 22.9 Å². The predicted octanol–water partition coefficient (Wildman–Crippen LogP) is 1.64. The second-order valence-corrected chi connectivity index (χ2v) is 4.97. The van der Waals surface area contributed by atoms with Gasteiger partial charge >= 0.3 is 6.09 Å². The van der Waals surface area contributed by atoms with Gasteiger partial charge in [0.15, 0.2) is 0 Å². The Balaban J connectivity index is 1.88. The summed E-state index contributed by atoms with van der Waals surface area (Å²) >= 11 is 3.39. The quantitative estimate of drug-likeness (QED) is 0.902. The van der Waals surface area contributed by atoms with Crippen molar-refractivity contribution in [2.75, 3.05) is 26.2 Å². The lowest BCUT2D eigenvalue weighted by molar-refractivity contribution is 0.103. The van der Waals surface area contributed by atoms with Gasteiger partial charge in [-0.2, -0.15) is 0 Å². The number of pyridine rings is 1. The largest absolute Gasteiger partial charge is 0.465 e. The molecule has 5 nitrogen and oxygen atoms in total. The summed E-state index contributed by atoms with van der Waals surface area (Å²) in [6.45, 7) is 3.53. The first-order valence-corrected chi connectivity index (χ1v) is 6.24. The van der Waals surface area contributed by atoms with E-state index in [2.05, 4.69) is 25.8 Å². The molecule has 1 aromatic rings. The van der Waals surface area contributed by atoms with Crippen molar-refractivity contribution in [3.8, 4) is 0 Å². The average Bonchev–Trinajstić information content (AvgIpc) is 2.29. The lowest BCUT2D eigenvalue weighted by Gasteiger charge is -2.32. The standard InChI is InChI=1S/C11H14BrN3O2/c12-10-5-9(6-13-7-10)8-14-1-3-15(4-2-14)11(16)17/h5-7H,1-4,8H2,(H,16,17). The summed E-state index contributed by atoms with van der Waals surface area (Å²) in [4.78, 5) is 18.6. The van der Waals surface area contributed by atoms with Crippen LogP contribution in [0.2, 0.25) is 0 Å². The van der Waals surface area contributed by atoms with E-state index in [0.717, 1.165) is 29.7 Å². The molecule has 1 aliphatic rings. The summed E-state index contributed by atoms with van der Waals surface area (Å²) in [6.07, 6.45) is 2.77. The highest BCUT2D eigenvalue weighted by Crippen LogP contribution is 2.12. The second kappa shape index (κ2) is 5.46. The van der Waals surface area contributed by atoms with Crippen LogP contribution >= 0.6 is 15.9 Å². The van der Waals surface area contributed by atoms with Gasteiger partial charge in [0.1, 0.15) is 0 Å². The molecule has 6 heteroatoms. The average molecular weight is 300 g/mol. The molecule has 1 fully saturated rings. The number of piperazine rings is 1. The van der Waals surface area contributed by atoms with Crippen molar-refractivity contribution in [2.45, 2.75) is 6.54 Å². The van der Waals surface area contributed by atoms with E-state index in [-0.39, 0.29) is 0 Å².